The van der Waals surface area contributed by atoms with Gasteiger partial charge in [-0.1, -0.05) is 6.07 Å². The summed E-state index contributed by atoms with van der Waals surface area (Å²) in [6.07, 6.45) is -0.404. The highest BCUT2D eigenvalue weighted by Crippen LogP contribution is 2.20. The van der Waals surface area contributed by atoms with E-state index in [1.54, 1.807) is 26.8 Å². The van der Waals surface area contributed by atoms with Gasteiger partial charge in [0.05, 0.1) is 16.8 Å². The minimum absolute atomic E-state index is 0.0846. The van der Waals surface area contributed by atoms with Crippen LogP contribution in [0.4, 0.5) is 9.18 Å². The number of hydrogen-bond donors (Lipinski definition) is 2. The van der Waals surface area contributed by atoms with Crippen molar-refractivity contribution in [3.05, 3.63) is 41.3 Å². The van der Waals surface area contributed by atoms with E-state index in [0.29, 0.717) is 5.52 Å². The summed E-state index contributed by atoms with van der Waals surface area (Å²) < 4.78 is 18.9. The van der Waals surface area contributed by atoms with Gasteiger partial charge in [0.1, 0.15) is 11.4 Å². The molecule has 0 saturated carbocycles. The minimum Gasteiger partial charge on any atom is -0.478 e. The number of pyridine rings is 1. The second-order valence-electron chi connectivity index (χ2n) is 6.27. The number of hydrogen-bond acceptors (Lipinski definition) is 4. The van der Waals surface area contributed by atoms with Crippen LogP contribution in [0.1, 0.15) is 36.8 Å². The van der Waals surface area contributed by atoms with E-state index in [0.717, 1.165) is 0 Å². The molecule has 128 valence electrons. The summed E-state index contributed by atoms with van der Waals surface area (Å²) in [5, 5.41) is 12.0. The van der Waals surface area contributed by atoms with Crippen LogP contribution in [-0.2, 0) is 11.2 Å². The largest absolute Gasteiger partial charge is 0.478 e. The van der Waals surface area contributed by atoms with Crippen molar-refractivity contribution < 1.29 is 23.8 Å². The summed E-state index contributed by atoms with van der Waals surface area (Å²) >= 11 is 0. The lowest BCUT2D eigenvalue weighted by atomic mass is 10.1. The highest BCUT2D eigenvalue weighted by molar-refractivity contribution is 5.94. The molecular formula is C17H19FN2O4. The maximum atomic E-state index is 13.8. The summed E-state index contributed by atoms with van der Waals surface area (Å²) in [5.74, 6) is -1.72. The smallest absolute Gasteiger partial charge is 0.407 e. The van der Waals surface area contributed by atoms with Crippen LogP contribution < -0.4 is 5.32 Å². The third-order valence-electron chi connectivity index (χ3n) is 3.15. The molecule has 7 heteroatoms. The monoisotopic (exact) mass is 334 g/mol. The van der Waals surface area contributed by atoms with Crippen LogP contribution in [-0.4, -0.2) is 34.3 Å². The molecule has 2 N–H and O–H groups in total. The molecule has 0 bridgehead atoms. The minimum atomic E-state index is -1.19. The molecule has 0 spiro atoms. The molecule has 0 unspecified atom stereocenters. The van der Waals surface area contributed by atoms with Gasteiger partial charge in [-0.2, -0.15) is 0 Å². The lowest BCUT2D eigenvalue weighted by Crippen LogP contribution is -2.33. The number of aromatic nitrogens is 1. The summed E-state index contributed by atoms with van der Waals surface area (Å²) in [4.78, 5) is 27.2. The van der Waals surface area contributed by atoms with E-state index in [1.807, 2.05) is 0 Å². The second-order valence-corrected chi connectivity index (χ2v) is 6.27. The third-order valence-corrected chi connectivity index (χ3v) is 3.15. The lowest BCUT2D eigenvalue weighted by Gasteiger charge is -2.19. The third kappa shape index (κ3) is 4.41. The van der Waals surface area contributed by atoms with Crippen molar-refractivity contribution in [3.8, 4) is 0 Å². The molecule has 0 aliphatic rings. The van der Waals surface area contributed by atoms with E-state index in [4.69, 9.17) is 4.74 Å². The average Bonchev–Trinajstić information content (AvgIpc) is 2.44. The molecule has 1 aromatic heterocycles. The molecule has 0 aliphatic carbocycles. The maximum Gasteiger partial charge on any atom is 0.407 e. The van der Waals surface area contributed by atoms with E-state index < -0.39 is 23.5 Å². The fourth-order valence-corrected chi connectivity index (χ4v) is 2.17. The van der Waals surface area contributed by atoms with Crippen LogP contribution in [0.2, 0.25) is 0 Å². The number of carboxylic acids is 1. The Labute approximate surface area is 138 Å². The number of halogens is 1. The molecule has 6 nitrogen and oxygen atoms in total. The summed E-state index contributed by atoms with van der Waals surface area (Å²) in [6, 6.07) is 5.63. The number of nitrogens with zero attached hydrogens (tertiary/aromatic N) is 1. The Bertz CT molecular complexity index is 784. The number of aromatic carboxylic acids is 1. The fraction of sp³-hybridized carbons (Fsp3) is 0.353. The quantitative estimate of drug-likeness (QED) is 0.897. The fourth-order valence-electron chi connectivity index (χ4n) is 2.17. The molecule has 1 heterocycles. The van der Waals surface area contributed by atoms with E-state index >= 15 is 0 Å². The van der Waals surface area contributed by atoms with Gasteiger partial charge < -0.3 is 15.2 Å². The number of ether oxygens (including phenoxy) is 1. The summed E-state index contributed by atoms with van der Waals surface area (Å²) in [7, 11) is 0. The van der Waals surface area contributed by atoms with Crippen molar-refractivity contribution in [1.82, 2.24) is 10.3 Å². The maximum absolute atomic E-state index is 13.8. The zero-order chi connectivity index (χ0) is 17.9. The highest BCUT2D eigenvalue weighted by atomic mass is 19.1. The van der Waals surface area contributed by atoms with Gasteiger partial charge in [0.15, 0.2) is 0 Å². The second kappa shape index (κ2) is 6.82. The highest BCUT2D eigenvalue weighted by Gasteiger charge is 2.17. The Balaban J connectivity index is 2.17. The first-order chi connectivity index (χ1) is 11.2. The summed E-state index contributed by atoms with van der Waals surface area (Å²) in [5.41, 5.74) is -0.0582. The van der Waals surface area contributed by atoms with Gasteiger partial charge in [0.2, 0.25) is 0 Å². The van der Waals surface area contributed by atoms with Crippen LogP contribution in [0.25, 0.3) is 10.9 Å². The topological polar surface area (TPSA) is 88.5 Å². The van der Waals surface area contributed by atoms with Gasteiger partial charge in [0.25, 0.3) is 0 Å². The van der Waals surface area contributed by atoms with Crippen LogP contribution >= 0.6 is 0 Å². The first-order valence-electron chi connectivity index (χ1n) is 7.45. The number of carbonyl (C=O) groups is 2. The zero-order valence-corrected chi connectivity index (χ0v) is 13.7. The van der Waals surface area contributed by atoms with Gasteiger partial charge >= 0.3 is 12.1 Å². The van der Waals surface area contributed by atoms with Crippen molar-refractivity contribution in [2.45, 2.75) is 32.8 Å². The average molecular weight is 334 g/mol. The van der Waals surface area contributed by atoms with E-state index in [-0.39, 0.29) is 29.6 Å². The molecule has 24 heavy (non-hydrogen) atoms. The molecule has 1 aromatic carbocycles. The number of rotatable bonds is 4. The van der Waals surface area contributed by atoms with Gasteiger partial charge in [-0.15, -0.1) is 0 Å². The molecule has 0 radical (unpaired) electrons. The van der Waals surface area contributed by atoms with Crippen molar-refractivity contribution in [2.24, 2.45) is 0 Å². The molecule has 0 atom stereocenters. The van der Waals surface area contributed by atoms with Crippen LogP contribution in [0, 0.1) is 5.82 Å². The van der Waals surface area contributed by atoms with Gasteiger partial charge in [-0.05, 0) is 39.0 Å². The van der Waals surface area contributed by atoms with Crippen LogP contribution in [0.15, 0.2) is 24.3 Å². The van der Waals surface area contributed by atoms with Crippen LogP contribution in [0.3, 0.4) is 0 Å². The van der Waals surface area contributed by atoms with E-state index in [1.165, 1.54) is 18.2 Å². The molecule has 2 rings (SSSR count). The molecule has 1 amide bonds. The predicted molar refractivity (Wildman–Crippen MR) is 86.6 cm³/mol. The number of nitrogens with one attached hydrogen (secondary N) is 1. The Hall–Kier alpha value is -2.70. The van der Waals surface area contributed by atoms with Crippen molar-refractivity contribution in [3.63, 3.8) is 0 Å². The van der Waals surface area contributed by atoms with Gasteiger partial charge in [-0.3, -0.25) is 4.98 Å². The van der Waals surface area contributed by atoms with Crippen molar-refractivity contribution in [1.29, 1.82) is 0 Å². The van der Waals surface area contributed by atoms with E-state index in [9.17, 15) is 19.1 Å². The Morgan fingerprint density at radius 1 is 1.33 bits per heavy atom. The van der Waals surface area contributed by atoms with Crippen LogP contribution in [0.5, 0.6) is 0 Å². The Morgan fingerprint density at radius 3 is 2.67 bits per heavy atom. The number of alkyl carbamates (subject to hydrolysis) is 1. The zero-order valence-electron chi connectivity index (χ0n) is 13.7. The molecular weight excluding hydrogens is 315 g/mol. The van der Waals surface area contributed by atoms with E-state index in [2.05, 4.69) is 10.3 Å². The lowest BCUT2D eigenvalue weighted by molar-refractivity contribution is 0.0528. The number of carbonyl (C=O) groups excluding carboxylic acids is 1. The molecule has 2 aromatic rings. The normalized spacial score (nSPS) is 11.3. The molecule has 0 aliphatic heterocycles. The first-order valence-corrected chi connectivity index (χ1v) is 7.45. The number of amides is 1. The Morgan fingerprint density at radius 2 is 2.04 bits per heavy atom. The standard InChI is InChI=1S/C17H19FN2O4/c1-17(2,3)24-16(23)19-8-7-14-11(15(21)22)9-10-12(18)5-4-6-13(10)20-14/h4-6,9H,7-8H2,1-3H3,(H,19,23)(H,21,22). The predicted octanol–water partition coefficient (Wildman–Crippen LogP) is 3.14. The number of benzene rings is 1. The SMILES string of the molecule is CC(C)(C)OC(=O)NCCc1nc2cccc(F)c2cc1C(=O)O. The van der Waals surface area contributed by atoms with Gasteiger partial charge in [0, 0.05) is 18.4 Å². The Kier molecular flexibility index (Phi) is 5.02. The summed E-state index contributed by atoms with van der Waals surface area (Å²) in [6.45, 7) is 5.39. The van der Waals surface area contributed by atoms with Crippen molar-refractivity contribution >= 4 is 23.0 Å². The molecule has 0 fully saturated rings. The number of fused-ring (bicyclic) bond motifs is 1. The first kappa shape index (κ1) is 17.7. The molecule has 0 saturated heterocycles. The van der Waals surface area contributed by atoms with Gasteiger partial charge in [-0.25, -0.2) is 14.0 Å². The number of carboxylic acid groups (broad SMARTS) is 1. The van der Waals surface area contributed by atoms with Crippen molar-refractivity contribution in [2.75, 3.05) is 6.54 Å².